The Morgan fingerprint density at radius 1 is 1.27 bits per heavy atom. The average molecular weight is 372 g/mol. The van der Waals surface area contributed by atoms with Crippen LogP contribution in [0, 0.1) is 12.7 Å². The number of amides is 1. The van der Waals surface area contributed by atoms with E-state index >= 15 is 0 Å². The molecule has 7 heteroatoms. The van der Waals surface area contributed by atoms with Gasteiger partial charge < -0.3 is 9.42 Å². The molecule has 1 aliphatic heterocycles. The van der Waals surface area contributed by atoms with E-state index in [2.05, 4.69) is 10.1 Å². The molecule has 0 N–H and O–H groups in total. The maximum atomic E-state index is 14.1. The zero-order valence-corrected chi connectivity index (χ0v) is 14.7. The maximum absolute atomic E-state index is 14.1. The first-order valence-electron chi connectivity index (χ1n) is 8.17. The first-order chi connectivity index (χ1) is 12.5. The van der Waals surface area contributed by atoms with E-state index in [9.17, 15) is 9.18 Å². The van der Waals surface area contributed by atoms with Crippen LogP contribution in [0.1, 0.15) is 23.7 Å². The zero-order chi connectivity index (χ0) is 18.3. The Morgan fingerprint density at radius 2 is 2.12 bits per heavy atom. The highest BCUT2D eigenvalue weighted by atomic mass is 35.5. The van der Waals surface area contributed by atoms with Gasteiger partial charge >= 0.3 is 0 Å². The second-order valence-electron chi connectivity index (χ2n) is 6.33. The second kappa shape index (κ2) is 6.53. The standard InChI is InChI=1S/C19H15ClFN3O2/c1-11-3-2-4-12(7-11)19-22-18(23-26-19)13-8-17(25)24(10-13)16-9-14(20)5-6-15(16)21/h2-7,9,13H,8,10H2,1H3. The summed E-state index contributed by atoms with van der Waals surface area (Å²) in [5.41, 5.74) is 2.08. The summed E-state index contributed by atoms with van der Waals surface area (Å²) in [7, 11) is 0. The monoisotopic (exact) mass is 371 g/mol. The van der Waals surface area contributed by atoms with Crippen LogP contribution in [0.3, 0.4) is 0 Å². The van der Waals surface area contributed by atoms with E-state index < -0.39 is 5.82 Å². The molecule has 1 aliphatic rings. The number of halogens is 2. The Kier molecular flexibility index (Phi) is 4.20. The van der Waals surface area contributed by atoms with Gasteiger partial charge in [-0.2, -0.15) is 4.98 Å². The average Bonchev–Trinajstić information content (AvgIpc) is 3.24. The summed E-state index contributed by atoms with van der Waals surface area (Å²) in [6.45, 7) is 2.26. The fraction of sp³-hybridized carbons (Fsp3) is 0.211. The third-order valence-electron chi connectivity index (χ3n) is 4.40. The van der Waals surface area contributed by atoms with Gasteiger partial charge in [-0.3, -0.25) is 4.79 Å². The molecule has 0 spiro atoms. The molecule has 1 saturated heterocycles. The third-order valence-corrected chi connectivity index (χ3v) is 4.63. The molecule has 0 radical (unpaired) electrons. The van der Waals surface area contributed by atoms with Crippen LogP contribution in [0.2, 0.25) is 5.02 Å². The number of hydrogen-bond acceptors (Lipinski definition) is 4. The van der Waals surface area contributed by atoms with Crippen molar-refractivity contribution in [1.29, 1.82) is 0 Å². The number of carbonyl (C=O) groups excluding carboxylic acids is 1. The van der Waals surface area contributed by atoms with Gasteiger partial charge in [0.25, 0.3) is 5.89 Å². The van der Waals surface area contributed by atoms with E-state index in [-0.39, 0.29) is 30.5 Å². The maximum Gasteiger partial charge on any atom is 0.257 e. The van der Waals surface area contributed by atoms with Crippen molar-refractivity contribution in [3.05, 3.63) is 64.7 Å². The number of anilines is 1. The summed E-state index contributed by atoms with van der Waals surface area (Å²) < 4.78 is 19.4. The minimum Gasteiger partial charge on any atom is -0.334 e. The third kappa shape index (κ3) is 3.08. The molecule has 132 valence electrons. The molecule has 0 bridgehead atoms. The van der Waals surface area contributed by atoms with Crippen LogP contribution in [0.4, 0.5) is 10.1 Å². The van der Waals surface area contributed by atoms with Gasteiger partial charge in [-0.15, -0.1) is 0 Å². The highest BCUT2D eigenvalue weighted by Crippen LogP contribution is 2.34. The summed E-state index contributed by atoms with van der Waals surface area (Å²) in [5.74, 6) is -0.0958. The van der Waals surface area contributed by atoms with Crippen molar-refractivity contribution >= 4 is 23.2 Å². The van der Waals surface area contributed by atoms with E-state index in [1.165, 1.54) is 23.1 Å². The van der Waals surface area contributed by atoms with Crippen molar-refractivity contribution in [2.24, 2.45) is 0 Å². The fourth-order valence-corrected chi connectivity index (χ4v) is 3.27. The number of nitrogens with zero attached hydrogens (tertiary/aromatic N) is 3. The van der Waals surface area contributed by atoms with Crippen molar-refractivity contribution in [2.75, 3.05) is 11.4 Å². The summed E-state index contributed by atoms with van der Waals surface area (Å²) in [4.78, 5) is 18.2. The van der Waals surface area contributed by atoms with Crippen LogP contribution >= 0.6 is 11.6 Å². The minimum absolute atomic E-state index is 0.174. The number of aryl methyl sites for hydroxylation is 1. The van der Waals surface area contributed by atoms with Crippen molar-refractivity contribution in [2.45, 2.75) is 19.3 Å². The fourth-order valence-electron chi connectivity index (χ4n) is 3.10. The molecule has 2 aromatic carbocycles. The Bertz CT molecular complexity index is 988. The van der Waals surface area contributed by atoms with Crippen molar-refractivity contribution in [3.8, 4) is 11.5 Å². The van der Waals surface area contributed by atoms with Gasteiger partial charge in [0.15, 0.2) is 5.82 Å². The number of aromatic nitrogens is 2. The molecule has 1 aromatic heterocycles. The smallest absolute Gasteiger partial charge is 0.257 e. The highest BCUT2D eigenvalue weighted by molar-refractivity contribution is 6.31. The molecule has 4 rings (SSSR count). The first-order valence-corrected chi connectivity index (χ1v) is 8.55. The first kappa shape index (κ1) is 16.7. The predicted molar refractivity (Wildman–Crippen MR) is 95.6 cm³/mol. The van der Waals surface area contributed by atoms with Crippen LogP contribution in [-0.4, -0.2) is 22.6 Å². The lowest BCUT2D eigenvalue weighted by Gasteiger charge is -2.17. The number of hydrogen-bond donors (Lipinski definition) is 0. The number of benzene rings is 2. The molecule has 0 saturated carbocycles. The van der Waals surface area contributed by atoms with Gasteiger partial charge in [-0.1, -0.05) is 34.5 Å². The van der Waals surface area contributed by atoms with E-state index in [0.717, 1.165) is 11.1 Å². The molecule has 3 aromatic rings. The Labute approximate surface area is 154 Å². The molecule has 1 atom stereocenters. The minimum atomic E-state index is -0.489. The lowest BCUT2D eigenvalue weighted by Crippen LogP contribution is -2.25. The van der Waals surface area contributed by atoms with Gasteiger partial charge in [0.05, 0.1) is 5.69 Å². The molecule has 1 unspecified atom stereocenters. The SMILES string of the molecule is Cc1cccc(-c2nc(C3CC(=O)N(c4cc(Cl)ccc4F)C3)no2)c1. The topological polar surface area (TPSA) is 59.2 Å². The summed E-state index contributed by atoms with van der Waals surface area (Å²) >= 11 is 5.94. The van der Waals surface area contributed by atoms with Crippen molar-refractivity contribution < 1.29 is 13.7 Å². The Balaban J connectivity index is 1.59. The van der Waals surface area contributed by atoms with Gasteiger partial charge in [-0.25, -0.2) is 4.39 Å². The van der Waals surface area contributed by atoms with E-state index in [0.29, 0.717) is 16.7 Å². The summed E-state index contributed by atoms with van der Waals surface area (Å²) in [5, 5.41) is 4.40. The van der Waals surface area contributed by atoms with Crippen molar-refractivity contribution in [3.63, 3.8) is 0 Å². The normalized spacial score (nSPS) is 17.1. The van der Waals surface area contributed by atoms with Crippen LogP contribution < -0.4 is 4.90 Å². The van der Waals surface area contributed by atoms with Gasteiger partial charge in [-0.05, 0) is 37.3 Å². The van der Waals surface area contributed by atoms with Crippen LogP contribution in [0.25, 0.3) is 11.5 Å². The highest BCUT2D eigenvalue weighted by Gasteiger charge is 2.35. The van der Waals surface area contributed by atoms with E-state index in [1.807, 2.05) is 31.2 Å². The molecule has 0 aliphatic carbocycles. The van der Waals surface area contributed by atoms with Crippen LogP contribution in [0.15, 0.2) is 47.0 Å². The summed E-state index contributed by atoms with van der Waals surface area (Å²) in [6.07, 6.45) is 0.193. The Morgan fingerprint density at radius 3 is 2.92 bits per heavy atom. The molecule has 2 heterocycles. The molecule has 5 nitrogen and oxygen atoms in total. The lowest BCUT2D eigenvalue weighted by atomic mass is 10.1. The molecule has 1 amide bonds. The molecular formula is C19H15ClFN3O2. The molecular weight excluding hydrogens is 357 g/mol. The summed E-state index contributed by atoms with van der Waals surface area (Å²) in [6, 6.07) is 11.9. The Hall–Kier alpha value is -2.73. The van der Waals surface area contributed by atoms with Crippen LogP contribution in [-0.2, 0) is 4.79 Å². The quantitative estimate of drug-likeness (QED) is 0.686. The van der Waals surface area contributed by atoms with Gasteiger partial charge in [0, 0.05) is 29.5 Å². The predicted octanol–water partition coefficient (Wildman–Crippen LogP) is 4.36. The number of carbonyl (C=O) groups is 1. The van der Waals surface area contributed by atoms with Gasteiger partial charge in [0.1, 0.15) is 5.82 Å². The molecule has 1 fully saturated rings. The number of rotatable bonds is 3. The largest absolute Gasteiger partial charge is 0.334 e. The van der Waals surface area contributed by atoms with Crippen LogP contribution in [0.5, 0.6) is 0 Å². The lowest BCUT2D eigenvalue weighted by molar-refractivity contribution is -0.117. The van der Waals surface area contributed by atoms with E-state index in [1.54, 1.807) is 0 Å². The second-order valence-corrected chi connectivity index (χ2v) is 6.76. The van der Waals surface area contributed by atoms with Crippen molar-refractivity contribution in [1.82, 2.24) is 10.1 Å². The molecule has 26 heavy (non-hydrogen) atoms. The van der Waals surface area contributed by atoms with Gasteiger partial charge in [0.2, 0.25) is 5.91 Å². The van der Waals surface area contributed by atoms with E-state index in [4.69, 9.17) is 16.1 Å². The zero-order valence-electron chi connectivity index (χ0n) is 13.9.